The Morgan fingerprint density at radius 3 is 2.83 bits per heavy atom. The Hall–Kier alpha value is -2.19. The number of thiazole rings is 1. The summed E-state index contributed by atoms with van der Waals surface area (Å²) in [7, 11) is 0. The number of likely N-dealkylation sites (tertiary alicyclic amines) is 1. The number of nitrogens with zero attached hydrogens (tertiary/aromatic N) is 2. The van der Waals surface area contributed by atoms with Crippen LogP contribution in [0.4, 0.5) is 0 Å². The summed E-state index contributed by atoms with van der Waals surface area (Å²) in [6, 6.07) is 14.1. The van der Waals surface area contributed by atoms with Crippen molar-refractivity contribution in [1.29, 1.82) is 0 Å². The fraction of sp³-hybridized carbons (Fsp3) is 0.435. The molecule has 1 fully saturated rings. The quantitative estimate of drug-likeness (QED) is 0.620. The minimum Gasteiger partial charge on any atom is -0.454 e. The molecule has 0 spiro atoms. The maximum atomic E-state index is 10.4. The minimum atomic E-state index is -0.488. The Kier molecular flexibility index (Phi) is 5.86. The average molecular weight is 427 g/mol. The van der Waals surface area contributed by atoms with Gasteiger partial charge in [-0.2, -0.15) is 0 Å². The second-order valence-corrected chi connectivity index (χ2v) is 9.01. The van der Waals surface area contributed by atoms with Gasteiger partial charge in [0.15, 0.2) is 11.5 Å². The Bertz CT molecular complexity index is 967. The van der Waals surface area contributed by atoms with Crippen LogP contribution in [0.3, 0.4) is 0 Å². The second-order valence-electron chi connectivity index (χ2n) is 7.95. The van der Waals surface area contributed by atoms with Crippen LogP contribution in [0.5, 0.6) is 11.5 Å². The summed E-state index contributed by atoms with van der Waals surface area (Å²) in [5.74, 6) is 2.05. The molecule has 0 aliphatic carbocycles. The van der Waals surface area contributed by atoms with Gasteiger partial charge < -0.3 is 24.2 Å². The smallest absolute Gasteiger partial charge is 0.231 e. The molecule has 0 bridgehead atoms. The lowest BCUT2D eigenvalue weighted by Crippen LogP contribution is -2.39. The summed E-state index contributed by atoms with van der Waals surface area (Å²) in [5, 5.41) is 11.6. The molecule has 0 amide bonds. The number of benzene rings is 2. The monoisotopic (exact) mass is 426 g/mol. The van der Waals surface area contributed by atoms with E-state index in [9.17, 15) is 5.11 Å². The molecule has 2 aliphatic rings. The van der Waals surface area contributed by atoms with Gasteiger partial charge >= 0.3 is 0 Å². The molecule has 0 unspecified atom stereocenters. The number of rotatable bonds is 7. The molecule has 1 atom stereocenters. The predicted octanol–water partition coefficient (Wildman–Crippen LogP) is 3.78. The lowest BCUT2D eigenvalue weighted by molar-refractivity contribution is 0.00619. The van der Waals surface area contributed by atoms with Gasteiger partial charge in [0.1, 0.15) is 0 Å². The third-order valence-electron chi connectivity index (χ3n) is 5.73. The fourth-order valence-corrected chi connectivity index (χ4v) is 5.26. The van der Waals surface area contributed by atoms with Crippen LogP contribution in [0, 0.1) is 0 Å². The van der Waals surface area contributed by atoms with Crippen LogP contribution in [0.1, 0.15) is 29.3 Å². The number of para-hydroxylation sites is 1. The van der Waals surface area contributed by atoms with Crippen LogP contribution >= 0.6 is 11.3 Å². The van der Waals surface area contributed by atoms with E-state index in [2.05, 4.69) is 23.1 Å². The summed E-state index contributed by atoms with van der Waals surface area (Å²) < 4.78 is 17.7. The molecule has 1 N–H and O–H groups in total. The van der Waals surface area contributed by atoms with Gasteiger partial charge in [-0.15, -0.1) is 11.3 Å². The van der Waals surface area contributed by atoms with Gasteiger partial charge in [0.25, 0.3) is 0 Å². The number of piperidine rings is 1. The molecule has 2 aromatic carbocycles. The number of aromatic nitrogens is 1. The number of fused-ring (bicyclic) bond motifs is 2. The van der Waals surface area contributed by atoms with Crippen LogP contribution in [0.15, 0.2) is 42.5 Å². The topological polar surface area (TPSA) is 64.1 Å². The molecule has 7 heteroatoms. The van der Waals surface area contributed by atoms with Gasteiger partial charge in [-0.3, -0.25) is 0 Å². The zero-order valence-corrected chi connectivity index (χ0v) is 17.6. The molecule has 0 radical (unpaired) electrons. The van der Waals surface area contributed by atoms with Crippen molar-refractivity contribution in [1.82, 2.24) is 9.88 Å². The summed E-state index contributed by atoms with van der Waals surface area (Å²) in [6.07, 6.45) is 1.69. The first kappa shape index (κ1) is 19.8. The van der Waals surface area contributed by atoms with E-state index in [0.29, 0.717) is 25.7 Å². The zero-order chi connectivity index (χ0) is 20.3. The number of aliphatic hydroxyl groups excluding tert-OH is 1. The number of aliphatic hydroxyl groups is 1. The molecule has 2 aliphatic heterocycles. The molecule has 0 saturated carbocycles. The molecule has 1 saturated heterocycles. The van der Waals surface area contributed by atoms with Crippen LogP contribution in [0.2, 0.25) is 0 Å². The Labute approximate surface area is 180 Å². The SMILES string of the molecule is O[C@@H](COCc1ccc2c(c1)OCO2)CN1CCC(c2nc3ccccc3s2)CC1. The first-order valence-electron chi connectivity index (χ1n) is 10.5. The highest BCUT2D eigenvalue weighted by Crippen LogP contribution is 2.34. The van der Waals surface area contributed by atoms with E-state index < -0.39 is 6.10 Å². The van der Waals surface area contributed by atoms with Crippen molar-refractivity contribution in [3.05, 3.63) is 53.0 Å². The van der Waals surface area contributed by atoms with Gasteiger partial charge in [0.05, 0.1) is 34.5 Å². The molecular weight excluding hydrogens is 400 g/mol. The highest BCUT2D eigenvalue weighted by molar-refractivity contribution is 7.18. The van der Waals surface area contributed by atoms with Crippen molar-refractivity contribution in [2.45, 2.75) is 31.5 Å². The summed E-state index contributed by atoms with van der Waals surface area (Å²) in [5.41, 5.74) is 2.12. The highest BCUT2D eigenvalue weighted by Gasteiger charge is 2.24. The highest BCUT2D eigenvalue weighted by atomic mass is 32.1. The van der Waals surface area contributed by atoms with Crippen LogP contribution < -0.4 is 9.47 Å². The van der Waals surface area contributed by atoms with Crippen molar-refractivity contribution < 1.29 is 19.3 Å². The third-order valence-corrected chi connectivity index (χ3v) is 6.93. The number of β-amino-alcohol motifs (C(OH)–C–C–N with tert-alkyl or cyclic N) is 1. The Balaban J connectivity index is 1.05. The average Bonchev–Trinajstić information content (AvgIpc) is 3.40. The van der Waals surface area contributed by atoms with Gasteiger partial charge in [-0.05, 0) is 55.8 Å². The standard InChI is InChI=1S/C23H26N2O4S/c26-18(14-27-13-16-5-6-20-21(11-16)29-15-28-20)12-25-9-7-17(8-10-25)23-24-19-3-1-2-4-22(19)30-23/h1-6,11,17-18,26H,7-10,12-15H2/t18-/m1/s1. The zero-order valence-electron chi connectivity index (χ0n) is 16.8. The van der Waals surface area contributed by atoms with Crippen LogP contribution in [-0.4, -0.2) is 54.1 Å². The summed E-state index contributed by atoms with van der Waals surface area (Å²) >= 11 is 1.82. The molecule has 158 valence electrons. The lowest BCUT2D eigenvalue weighted by atomic mass is 9.97. The predicted molar refractivity (Wildman–Crippen MR) is 116 cm³/mol. The molecule has 3 heterocycles. The second kappa shape index (κ2) is 8.89. The van der Waals surface area contributed by atoms with Crippen molar-refractivity contribution in [3.8, 4) is 11.5 Å². The van der Waals surface area contributed by atoms with E-state index in [0.717, 1.165) is 48.5 Å². The first-order valence-corrected chi connectivity index (χ1v) is 11.3. The van der Waals surface area contributed by atoms with Crippen molar-refractivity contribution in [2.75, 3.05) is 33.0 Å². The van der Waals surface area contributed by atoms with Crippen LogP contribution in [0.25, 0.3) is 10.2 Å². The summed E-state index contributed by atoms with van der Waals surface area (Å²) in [6.45, 7) is 3.67. The van der Waals surface area contributed by atoms with Crippen molar-refractivity contribution >= 4 is 21.6 Å². The van der Waals surface area contributed by atoms with Gasteiger partial charge in [-0.25, -0.2) is 4.98 Å². The van der Waals surface area contributed by atoms with E-state index in [1.165, 1.54) is 9.71 Å². The van der Waals surface area contributed by atoms with Gasteiger partial charge in [0.2, 0.25) is 6.79 Å². The van der Waals surface area contributed by atoms with E-state index in [1.54, 1.807) is 0 Å². The third kappa shape index (κ3) is 4.44. The Morgan fingerprint density at radius 2 is 1.97 bits per heavy atom. The van der Waals surface area contributed by atoms with Crippen molar-refractivity contribution in [3.63, 3.8) is 0 Å². The minimum absolute atomic E-state index is 0.272. The maximum Gasteiger partial charge on any atom is 0.231 e. The van der Waals surface area contributed by atoms with Gasteiger partial charge in [-0.1, -0.05) is 18.2 Å². The number of hydrogen-bond donors (Lipinski definition) is 1. The number of hydrogen-bond acceptors (Lipinski definition) is 7. The molecule has 5 rings (SSSR count). The largest absolute Gasteiger partial charge is 0.454 e. The Morgan fingerprint density at radius 1 is 1.13 bits per heavy atom. The van der Waals surface area contributed by atoms with Crippen LogP contribution in [-0.2, 0) is 11.3 Å². The molecule has 30 heavy (non-hydrogen) atoms. The molecule has 6 nitrogen and oxygen atoms in total. The van der Waals surface area contributed by atoms with E-state index in [-0.39, 0.29) is 6.79 Å². The first-order chi connectivity index (χ1) is 14.7. The summed E-state index contributed by atoms with van der Waals surface area (Å²) in [4.78, 5) is 7.16. The van der Waals surface area contributed by atoms with E-state index >= 15 is 0 Å². The normalized spacial score (nSPS) is 18.2. The van der Waals surface area contributed by atoms with Crippen molar-refractivity contribution in [2.24, 2.45) is 0 Å². The van der Waals surface area contributed by atoms with E-state index in [1.807, 2.05) is 35.6 Å². The van der Waals surface area contributed by atoms with Gasteiger partial charge in [0, 0.05) is 12.5 Å². The van der Waals surface area contributed by atoms with E-state index in [4.69, 9.17) is 19.2 Å². The molecule has 1 aromatic heterocycles. The number of ether oxygens (including phenoxy) is 3. The molecule has 3 aromatic rings. The lowest BCUT2D eigenvalue weighted by Gasteiger charge is -2.32. The maximum absolute atomic E-state index is 10.4. The molecular formula is C23H26N2O4S. The fourth-order valence-electron chi connectivity index (χ4n) is 4.12.